The van der Waals surface area contributed by atoms with Gasteiger partial charge in [-0.15, -0.1) is 0 Å². The predicted octanol–water partition coefficient (Wildman–Crippen LogP) is 13.0. The Hall–Kier alpha value is -7.29. The molecule has 0 unspecified atom stereocenters. The molecule has 0 radical (unpaired) electrons. The first kappa shape index (κ1) is 64.9. The molecule has 2 aliphatic heterocycles. The molecule has 0 atom stereocenters. The number of piperazine rings is 2. The zero-order chi connectivity index (χ0) is 60.3. The summed E-state index contributed by atoms with van der Waals surface area (Å²) in [5, 5.41) is 10.5. The Bertz CT molecular complexity index is 3220. The molecular weight excluding hydrogens is 1160 g/mol. The summed E-state index contributed by atoms with van der Waals surface area (Å²) >= 11 is 30.6. The lowest BCUT2D eigenvalue weighted by atomic mass is 10.1. The van der Waals surface area contributed by atoms with Gasteiger partial charge in [0.15, 0.2) is 0 Å². The highest BCUT2D eigenvalue weighted by atomic mass is 35.5. The molecule has 2 saturated heterocycles. The van der Waals surface area contributed by atoms with Crippen molar-refractivity contribution >= 4 is 139 Å². The van der Waals surface area contributed by atoms with Gasteiger partial charge in [-0.05, 0) is 86.1 Å². The Morgan fingerprint density at radius 3 is 1.27 bits per heavy atom. The number of carbonyl (C=O) groups excluding carboxylic acids is 2. The molecule has 23 heteroatoms. The molecule has 1 amide bonds. The number of carbonyl (C=O) groups is 2. The highest BCUT2D eigenvalue weighted by Crippen LogP contribution is 2.43. The maximum atomic E-state index is 12.3. The Morgan fingerprint density at radius 2 is 0.928 bits per heavy atom. The summed E-state index contributed by atoms with van der Waals surface area (Å²) in [4.78, 5) is 49.2. The van der Waals surface area contributed by atoms with Crippen molar-refractivity contribution in [3.8, 4) is 23.0 Å². The number of amides is 1. The van der Waals surface area contributed by atoms with Crippen LogP contribution in [0.15, 0.2) is 86.5 Å². The van der Waals surface area contributed by atoms with Gasteiger partial charge in [-0.1, -0.05) is 97.7 Å². The number of nitrogens with two attached hydrogens (primary N) is 1. The van der Waals surface area contributed by atoms with Gasteiger partial charge >= 0.3 is 0 Å². The first-order valence-corrected chi connectivity index (χ1v) is 28.3. The molecule has 440 valence electrons. The number of anilines is 8. The van der Waals surface area contributed by atoms with Gasteiger partial charge in [0.25, 0.3) is 0 Å². The molecule has 0 saturated carbocycles. The number of benzene rings is 4. The standard InChI is InChI=1S/C30H34Cl2N6O3.C27H32Cl2N6O2.C3H3ClO/c1-6-26(39)35-23-15-21(38-12-10-37(7-2)11-13-38)14-19(3)29(23)36-30-33-17-20(18-34-30)8-9-22-27(31)24(40-4)16-25(41-5)28(22)32;1-5-34-8-10-35(11-9-34)19-12-17(2)26(21(30)13-19)33-27-31-15-18(16-32-27)6-7-20-24(28)22(36-3)14-23(37-4)25(20)29;1-2-3(4)5/h6,8-9,14-18H,1,7,10-13H2,2-5H3,(H,35,39)(H,33,34,36);6-7,12-16H,5,8-11,30H2,1-4H3,(H,31,32,33);2H,1H2/b9-8+;7-6+;. The first-order chi connectivity index (χ1) is 39.9. The average molecular weight is 1230 g/mol. The minimum absolute atomic E-state index is 0.298. The summed E-state index contributed by atoms with van der Waals surface area (Å²) in [6.45, 7) is 25.2. The number of aryl methyl sites for hydroxylation is 2. The third-order valence-electron chi connectivity index (χ3n) is 13.6. The summed E-state index contributed by atoms with van der Waals surface area (Å²) in [5.41, 5.74) is 16.1. The second-order valence-electron chi connectivity index (χ2n) is 18.7. The topological polar surface area (TPSA) is 198 Å². The van der Waals surface area contributed by atoms with Crippen LogP contribution in [0.25, 0.3) is 24.3 Å². The number of allylic oxidation sites excluding steroid dienone is 1. The van der Waals surface area contributed by atoms with E-state index in [2.05, 4.69) is 94.6 Å². The molecule has 2 fully saturated rings. The van der Waals surface area contributed by atoms with E-state index in [-0.39, 0.29) is 5.91 Å². The van der Waals surface area contributed by atoms with Crippen LogP contribution >= 0.6 is 58.0 Å². The highest BCUT2D eigenvalue weighted by molar-refractivity contribution is 6.66. The number of aromatic nitrogens is 4. The minimum atomic E-state index is -0.509. The molecule has 18 nitrogen and oxygen atoms in total. The molecule has 4 heterocycles. The minimum Gasteiger partial charge on any atom is -0.495 e. The lowest BCUT2D eigenvalue weighted by molar-refractivity contribution is -0.112. The van der Waals surface area contributed by atoms with E-state index in [1.165, 1.54) is 34.5 Å². The molecule has 6 aromatic rings. The van der Waals surface area contributed by atoms with Crippen molar-refractivity contribution in [3.63, 3.8) is 0 Å². The van der Waals surface area contributed by atoms with Crippen LogP contribution in [-0.4, -0.2) is 135 Å². The molecule has 0 bridgehead atoms. The Balaban J connectivity index is 0.000000247. The zero-order valence-corrected chi connectivity index (χ0v) is 51.5. The number of ether oxygens (including phenoxy) is 4. The van der Waals surface area contributed by atoms with Gasteiger partial charge in [-0.3, -0.25) is 9.59 Å². The predicted molar refractivity (Wildman–Crippen MR) is 343 cm³/mol. The largest absolute Gasteiger partial charge is 0.495 e. The first-order valence-electron chi connectivity index (χ1n) is 26.4. The number of nitrogen functional groups attached to an aromatic ring is 1. The maximum Gasteiger partial charge on any atom is 0.247 e. The number of hydrogen-bond donors (Lipinski definition) is 4. The van der Waals surface area contributed by atoms with Crippen molar-refractivity contribution in [1.82, 2.24) is 29.7 Å². The molecule has 2 aromatic heterocycles. The average Bonchev–Trinajstić information content (AvgIpc) is 3.60. The van der Waals surface area contributed by atoms with Gasteiger partial charge in [0, 0.05) is 123 Å². The molecule has 4 aromatic carbocycles. The summed E-state index contributed by atoms with van der Waals surface area (Å²) in [6, 6.07) is 11.6. The second-order valence-corrected chi connectivity index (χ2v) is 20.6. The van der Waals surface area contributed by atoms with Crippen molar-refractivity contribution in [3.05, 3.63) is 140 Å². The fraction of sp³-hybridized carbons (Fsp3) is 0.300. The van der Waals surface area contributed by atoms with E-state index in [0.29, 0.717) is 83.2 Å². The Kier molecular flexibility index (Phi) is 24.5. The summed E-state index contributed by atoms with van der Waals surface area (Å²) in [7, 11) is 6.13. The molecule has 0 aliphatic carbocycles. The Morgan fingerprint density at radius 1 is 0.566 bits per heavy atom. The van der Waals surface area contributed by atoms with Crippen LogP contribution in [0.5, 0.6) is 23.0 Å². The van der Waals surface area contributed by atoms with Crippen LogP contribution in [0, 0.1) is 13.8 Å². The van der Waals surface area contributed by atoms with Crippen LogP contribution in [0.4, 0.5) is 46.0 Å². The van der Waals surface area contributed by atoms with E-state index >= 15 is 0 Å². The molecular formula is C60H69Cl5N12O6. The third-order valence-corrected chi connectivity index (χ3v) is 15.3. The van der Waals surface area contributed by atoms with Crippen LogP contribution in [0.2, 0.25) is 20.1 Å². The lowest BCUT2D eigenvalue weighted by Crippen LogP contribution is -2.46. The van der Waals surface area contributed by atoms with E-state index < -0.39 is 5.24 Å². The Labute approximate surface area is 510 Å². The number of nitrogens with one attached hydrogen (secondary N) is 3. The molecule has 83 heavy (non-hydrogen) atoms. The van der Waals surface area contributed by atoms with Gasteiger partial charge in [0.2, 0.25) is 23.0 Å². The zero-order valence-electron chi connectivity index (χ0n) is 47.7. The second kappa shape index (κ2) is 31.4. The quantitative estimate of drug-likeness (QED) is 0.0339. The molecule has 8 rings (SSSR count). The number of halogens is 5. The van der Waals surface area contributed by atoms with Crippen LogP contribution < -0.4 is 50.4 Å². The fourth-order valence-corrected chi connectivity index (χ4v) is 10.1. The lowest BCUT2D eigenvalue weighted by Gasteiger charge is -2.36. The van der Waals surface area contributed by atoms with Crippen LogP contribution in [0.3, 0.4) is 0 Å². The van der Waals surface area contributed by atoms with Crippen molar-refractivity contribution in [2.45, 2.75) is 27.7 Å². The van der Waals surface area contributed by atoms with E-state index in [1.54, 1.807) is 55.1 Å². The van der Waals surface area contributed by atoms with Crippen molar-refractivity contribution in [1.29, 1.82) is 0 Å². The van der Waals surface area contributed by atoms with Crippen molar-refractivity contribution in [2.24, 2.45) is 0 Å². The number of hydrogen-bond acceptors (Lipinski definition) is 17. The number of methoxy groups -OCH3 is 4. The normalized spacial score (nSPS) is 13.6. The van der Waals surface area contributed by atoms with Crippen molar-refractivity contribution in [2.75, 3.05) is 125 Å². The smallest absolute Gasteiger partial charge is 0.247 e. The fourth-order valence-electron chi connectivity index (χ4n) is 8.85. The summed E-state index contributed by atoms with van der Waals surface area (Å²) in [5.74, 6) is 2.38. The van der Waals surface area contributed by atoms with E-state index in [4.69, 9.17) is 82.7 Å². The van der Waals surface area contributed by atoms with Gasteiger partial charge < -0.3 is 60.2 Å². The summed E-state index contributed by atoms with van der Waals surface area (Å²) in [6.07, 6.45) is 16.2. The van der Waals surface area contributed by atoms with Crippen molar-refractivity contribution < 1.29 is 28.5 Å². The number of nitrogens with zero attached hydrogens (tertiary/aromatic N) is 8. The van der Waals surface area contributed by atoms with E-state index in [1.807, 2.05) is 32.1 Å². The molecule has 5 N–H and O–H groups in total. The SMILES string of the molecule is C=CC(=O)Cl.C=CC(=O)Nc1cc(N2CCN(CC)CC2)cc(C)c1Nc1ncc(/C=C/c2c(Cl)c(OC)cc(OC)c2Cl)cn1.CCN1CCN(c2cc(C)c(Nc3ncc(/C=C/c4c(Cl)c(OC)cc(OC)c4Cl)cn3)c(N)c2)CC1. The maximum absolute atomic E-state index is 12.3. The van der Waals surface area contributed by atoms with E-state index in [9.17, 15) is 9.59 Å². The number of likely N-dealkylation sites (N-methyl/N-ethyl adjacent to an activating group) is 2. The van der Waals surface area contributed by atoms with Gasteiger partial charge in [0.1, 0.15) is 23.0 Å². The highest BCUT2D eigenvalue weighted by Gasteiger charge is 2.22. The van der Waals surface area contributed by atoms with Gasteiger partial charge in [-0.2, -0.15) is 0 Å². The van der Waals surface area contributed by atoms with E-state index in [0.717, 1.165) is 111 Å². The third kappa shape index (κ3) is 17.4. The van der Waals surface area contributed by atoms with Gasteiger partial charge in [-0.25, -0.2) is 19.9 Å². The van der Waals surface area contributed by atoms with Gasteiger partial charge in [0.05, 0.1) is 71.3 Å². The monoisotopic (exact) mass is 1230 g/mol. The molecule has 0 spiro atoms. The summed E-state index contributed by atoms with van der Waals surface area (Å²) < 4.78 is 21.3. The molecule has 2 aliphatic rings. The number of rotatable bonds is 19. The van der Waals surface area contributed by atoms with Crippen LogP contribution in [-0.2, 0) is 9.59 Å². The van der Waals surface area contributed by atoms with Crippen LogP contribution in [0.1, 0.15) is 47.2 Å².